The Morgan fingerprint density at radius 3 is 2.52 bits per heavy atom. The minimum Gasteiger partial charge on any atom is -0.483 e. The maximum Gasteiger partial charge on any atom is 0.262 e. The molecule has 2 aromatic rings. The third kappa shape index (κ3) is 4.94. The largest absolute Gasteiger partial charge is 0.483 e. The molecule has 1 amide bonds. The highest BCUT2D eigenvalue weighted by Gasteiger charge is 2.18. The van der Waals surface area contributed by atoms with Crippen LogP contribution in [0.3, 0.4) is 0 Å². The molecule has 25 heavy (non-hydrogen) atoms. The van der Waals surface area contributed by atoms with Crippen molar-refractivity contribution in [2.45, 2.75) is 11.8 Å². The van der Waals surface area contributed by atoms with E-state index in [9.17, 15) is 13.2 Å². The first-order valence-electron chi connectivity index (χ1n) is 7.41. The number of sulfonamides is 1. The molecule has 0 bridgehead atoms. The van der Waals surface area contributed by atoms with Crippen LogP contribution in [0.25, 0.3) is 0 Å². The van der Waals surface area contributed by atoms with Crippen LogP contribution in [0.4, 0.5) is 5.69 Å². The van der Waals surface area contributed by atoms with E-state index >= 15 is 0 Å². The molecule has 0 radical (unpaired) electrons. The molecule has 0 aromatic heterocycles. The minimum absolute atomic E-state index is 0.172. The van der Waals surface area contributed by atoms with Gasteiger partial charge in [-0.1, -0.05) is 17.7 Å². The van der Waals surface area contributed by atoms with Crippen molar-refractivity contribution in [3.8, 4) is 5.75 Å². The van der Waals surface area contributed by atoms with Crippen molar-refractivity contribution >= 4 is 33.2 Å². The number of halogens is 1. The van der Waals surface area contributed by atoms with Crippen molar-refractivity contribution in [3.63, 3.8) is 0 Å². The molecular weight excluding hydrogens is 364 g/mol. The van der Waals surface area contributed by atoms with Crippen LogP contribution in [0.2, 0.25) is 5.02 Å². The van der Waals surface area contributed by atoms with Crippen LogP contribution >= 0.6 is 11.6 Å². The average molecular weight is 383 g/mol. The Morgan fingerprint density at radius 1 is 1.20 bits per heavy atom. The number of carbonyl (C=O) groups is 1. The highest BCUT2D eigenvalue weighted by molar-refractivity contribution is 7.89. The van der Waals surface area contributed by atoms with E-state index in [4.69, 9.17) is 16.3 Å². The molecular formula is C17H19ClN2O4S. The fourth-order valence-corrected chi connectivity index (χ4v) is 3.24. The predicted molar refractivity (Wildman–Crippen MR) is 97.6 cm³/mol. The van der Waals surface area contributed by atoms with Gasteiger partial charge in [0.25, 0.3) is 5.91 Å². The molecule has 0 heterocycles. The van der Waals surface area contributed by atoms with Crippen molar-refractivity contribution < 1.29 is 17.9 Å². The van der Waals surface area contributed by atoms with Crippen LogP contribution < -0.4 is 10.1 Å². The fourth-order valence-electron chi connectivity index (χ4n) is 2.06. The predicted octanol–water partition coefficient (Wildman–Crippen LogP) is 2.92. The van der Waals surface area contributed by atoms with E-state index in [2.05, 4.69) is 5.32 Å². The molecule has 134 valence electrons. The zero-order valence-corrected chi connectivity index (χ0v) is 15.7. The molecule has 0 fully saturated rings. The van der Waals surface area contributed by atoms with Gasteiger partial charge in [0, 0.05) is 24.8 Å². The smallest absolute Gasteiger partial charge is 0.262 e. The van der Waals surface area contributed by atoms with Gasteiger partial charge in [-0.3, -0.25) is 4.79 Å². The van der Waals surface area contributed by atoms with Crippen LogP contribution in [0, 0.1) is 6.92 Å². The molecule has 0 spiro atoms. The van der Waals surface area contributed by atoms with Gasteiger partial charge < -0.3 is 10.1 Å². The number of nitrogens with zero attached hydrogens (tertiary/aromatic N) is 1. The van der Waals surface area contributed by atoms with Gasteiger partial charge in [-0.2, -0.15) is 0 Å². The molecule has 0 saturated heterocycles. The quantitative estimate of drug-likeness (QED) is 0.833. The highest BCUT2D eigenvalue weighted by atomic mass is 35.5. The van der Waals surface area contributed by atoms with E-state index in [-0.39, 0.29) is 17.4 Å². The van der Waals surface area contributed by atoms with Crippen LogP contribution in [0.1, 0.15) is 5.56 Å². The SMILES string of the molecule is Cc1cc(S(=O)(=O)N(C)C)ccc1OCC(=O)Nc1cccc(Cl)c1. The lowest BCUT2D eigenvalue weighted by Gasteiger charge is -2.14. The molecule has 8 heteroatoms. The Balaban J connectivity index is 2.02. The number of benzene rings is 2. The maximum atomic E-state index is 12.1. The summed E-state index contributed by atoms with van der Waals surface area (Å²) in [6.45, 7) is 1.52. The summed E-state index contributed by atoms with van der Waals surface area (Å²) >= 11 is 5.86. The van der Waals surface area contributed by atoms with Gasteiger partial charge in [0.05, 0.1) is 4.90 Å². The Labute approximate surface area is 152 Å². The molecule has 2 aromatic carbocycles. The van der Waals surface area contributed by atoms with Crippen LogP contribution in [-0.4, -0.2) is 39.3 Å². The standard InChI is InChI=1S/C17H19ClN2O4S/c1-12-9-15(25(22,23)20(2)3)7-8-16(12)24-11-17(21)19-14-6-4-5-13(18)10-14/h4-10H,11H2,1-3H3,(H,19,21). The number of anilines is 1. The molecule has 0 unspecified atom stereocenters. The van der Waals surface area contributed by atoms with Gasteiger partial charge in [-0.15, -0.1) is 0 Å². The zero-order valence-electron chi connectivity index (χ0n) is 14.1. The summed E-state index contributed by atoms with van der Waals surface area (Å²) < 4.78 is 30.8. The lowest BCUT2D eigenvalue weighted by Crippen LogP contribution is -2.22. The third-order valence-electron chi connectivity index (χ3n) is 3.39. The third-order valence-corrected chi connectivity index (χ3v) is 5.44. The lowest BCUT2D eigenvalue weighted by atomic mass is 10.2. The number of hydrogen-bond acceptors (Lipinski definition) is 4. The summed E-state index contributed by atoms with van der Waals surface area (Å²) in [5.41, 5.74) is 1.20. The number of hydrogen-bond donors (Lipinski definition) is 1. The number of ether oxygens (including phenoxy) is 1. The molecule has 0 aliphatic heterocycles. The Kier molecular flexibility index (Phi) is 6.05. The van der Waals surface area contributed by atoms with Gasteiger partial charge in [0.1, 0.15) is 5.75 Å². The van der Waals surface area contributed by atoms with Crippen molar-refractivity contribution in [2.24, 2.45) is 0 Å². The van der Waals surface area contributed by atoms with E-state index in [1.54, 1.807) is 37.3 Å². The molecule has 0 saturated carbocycles. The topological polar surface area (TPSA) is 75.7 Å². The number of carbonyl (C=O) groups excluding carboxylic acids is 1. The molecule has 0 aliphatic carbocycles. The Bertz CT molecular complexity index is 882. The summed E-state index contributed by atoms with van der Waals surface area (Å²) in [4.78, 5) is 12.1. The van der Waals surface area contributed by atoms with E-state index < -0.39 is 10.0 Å². The average Bonchev–Trinajstić information content (AvgIpc) is 2.53. The van der Waals surface area contributed by atoms with E-state index in [1.807, 2.05) is 0 Å². The summed E-state index contributed by atoms with van der Waals surface area (Å²) in [5.74, 6) is 0.102. The highest BCUT2D eigenvalue weighted by Crippen LogP contribution is 2.23. The zero-order chi connectivity index (χ0) is 18.6. The minimum atomic E-state index is -3.51. The van der Waals surface area contributed by atoms with Crippen LogP contribution in [0.5, 0.6) is 5.75 Å². The maximum absolute atomic E-state index is 12.1. The van der Waals surface area contributed by atoms with E-state index in [0.29, 0.717) is 22.0 Å². The number of aryl methyl sites for hydroxylation is 1. The van der Waals surface area contributed by atoms with Gasteiger partial charge in [0.15, 0.2) is 6.61 Å². The van der Waals surface area contributed by atoms with Crippen molar-refractivity contribution in [1.82, 2.24) is 4.31 Å². The molecule has 6 nitrogen and oxygen atoms in total. The monoisotopic (exact) mass is 382 g/mol. The second-order valence-corrected chi connectivity index (χ2v) is 8.15. The first-order chi connectivity index (χ1) is 11.7. The molecule has 1 N–H and O–H groups in total. The Hall–Kier alpha value is -2.09. The van der Waals surface area contributed by atoms with E-state index in [1.165, 1.54) is 26.2 Å². The lowest BCUT2D eigenvalue weighted by molar-refractivity contribution is -0.118. The van der Waals surface area contributed by atoms with Crippen molar-refractivity contribution in [1.29, 1.82) is 0 Å². The van der Waals surface area contributed by atoms with Crippen LogP contribution in [-0.2, 0) is 14.8 Å². The van der Waals surface area contributed by atoms with Gasteiger partial charge in [-0.05, 0) is 48.9 Å². The summed E-state index contributed by atoms with van der Waals surface area (Å²) in [7, 11) is -0.571. The van der Waals surface area contributed by atoms with Crippen molar-refractivity contribution in [2.75, 3.05) is 26.0 Å². The van der Waals surface area contributed by atoms with Crippen molar-refractivity contribution in [3.05, 3.63) is 53.1 Å². The summed E-state index contributed by atoms with van der Waals surface area (Å²) in [5, 5.41) is 3.19. The molecule has 0 atom stereocenters. The van der Waals surface area contributed by atoms with Gasteiger partial charge >= 0.3 is 0 Å². The number of nitrogens with one attached hydrogen (secondary N) is 1. The first kappa shape index (κ1) is 19.2. The van der Waals surface area contributed by atoms with E-state index in [0.717, 1.165) is 4.31 Å². The molecule has 2 rings (SSSR count). The summed E-state index contributed by atoms with van der Waals surface area (Å²) in [6.07, 6.45) is 0. The Morgan fingerprint density at radius 2 is 1.92 bits per heavy atom. The number of amides is 1. The second-order valence-electron chi connectivity index (χ2n) is 5.56. The van der Waals surface area contributed by atoms with Gasteiger partial charge in [0.2, 0.25) is 10.0 Å². The molecule has 0 aliphatic rings. The van der Waals surface area contributed by atoms with Gasteiger partial charge in [-0.25, -0.2) is 12.7 Å². The fraction of sp³-hybridized carbons (Fsp3) is 0.235. The number of rotatable bonds is 6. The normalized spacial score (nSPS) is 11.4. The van der Waals surface area contributed by atoms with Crippen LogP contribution in [0.15, 0.2) is 47.4 Å². The first-order valence-corrected chi connectivity index (χ1v) is 9.23. The summed E-state index contributed by atoms with van der Waals surface area (Å²) in [6, 6.07) is 11.3. The second kappa shape index (κ2) is 7.86.